The lowest BCUT2D eigenvalue weighted by Crippen LogP contribution is -2.68. The third kappa shape index (κ3) is 8.14. The highest BCUT2D eigenvalue weighted by Crippen LogP contribution is 2.54. The topological polar surface area (TPSA) is 46.6 Å². The van der Waals surface area contributed by atoms with E-state index in [0.717, 1.165) is 32.0 Å². The highest BCUT2D eigenvalue weighted by molar-refractivity contribution is 7.19. The Kier molecular flexibility index (Phi) is 10.9. The quantitative estimate of drug-likeness (QED) is 0.161. The molecule has 0 saturated heterocycles. The van der Waals surface area contributed by atoms with E-state index in [2.05, 4.69) is 15.0 Å². The van der Waals surface area contributed by atoms with E-state index in [4.69, 9.17) is 4.74 Å². The van der Waals surface area contributed by atoms with E-state index in [9.17, 15) is 39.5 Å². The molecule has 15 heteroatoms. The number of nitrogens with zero attached hydrogens (tertiary/aromatic N) is 2. The average Bonchev–Trinajstić information content (AvgIpc) is 3.28. The van der Waals surface area contributed by atoms with Crippen molar-refractivity contribution in [3.63, 3.8) is 0 Å². The number of rotatable bonds is 13. The van der Waals surface area contributed by atoms with Gasteiger partial charge in [-0.3, -0.25) is 0 Å². The van der Waals surface area contributed by atoms with Crippen LogP contribution in [0.3, 0.4) is 0 Å². The summed E-state index contributed by atoms with van der Waals surface area (Å²) >= 11 is 1.52. The van der Waals surface area contributed by atoms with Crippen LogP contribution in [-0.4, -0.2) is 76.1 Å². The summed E-state index contributed by atoms with van der Waals surface area (Å²) < 4.78 is 125. The predicted octanol–water partition coefficient (Wildman–Crippen LogP) is 7.12. The van der Waals surface area contributed by atoms with Gasteiger partial charge in [0.1, 0.15) is 5.01 Å². The molecule has 0 radical (unpaired) electrons. The molecule has 0 bridgehead atoms. The average molecular weight is 630 g/mol. The number of fused-ring (bicyclic) bond motifs is 1. The SMILES string of the molecule is CN(C)c1ccc(/C=C/c2nc3ccc(CCOCCNCCOC(C(F)(F)F)(C(F)(F)F)C(F)(F)F)cc3s2)cc1. The summed E-state index contributed by atoms with van der Waals surface area (Å²) in [4.78, 5) is 6.61. The zero-order chi connectivity index (χ0) is 31.2. The minimum atomic E-state index is -6.74. The molecule has 0 aliphatic heterocycles. The van der Waals surface area contributed by atoms with Crippen molar-refractivity contribution in [3.8, 4) is 0 Å². The largest absolute Gasteiger partial charge is 0.435 e. The van der Waals surface area contributed by atoms with Gasteiger partial charge in [0.25, 0.3) is 0 Å². The molecule has 0 fully saturated rings. The predicted molar refractivity (Wildman–Crippen MR) is 144 cm³/mol. The van der Waals surface area contributed by atoms with Crippen molar-refractivity contribution in [1.82, 2.24) is 10.3 Å². The summed E-state index contributed by atoms with van der Waals surface area (Å²) in [5.41, 5.74) is -2.33. The van der Waals surface area contributed by atoms with E-state index >= 15 is 0 Å². The molecule has 3 aromatic rings. The monoisotopic (exact) mass is 629 g/mol. The normalized spacial score (nSPS) is 13.4. The molecule has 0 spiro atoms. The lowest BCUT2D eigenvalue weighted by atomic mass is 10.0. The zero-order valence-electron chi connectivity index (χ0n) is 22.5. The molecule has 42 heavy (non-hydrogen) atoms. The van der Waals surface area contributed by atoms with Gasteiger partial charge in [-0.1, -0.05) is 24.3 Å². The van der Waals surface area contributed by atoms with Crippen LogP contribution in [0.2, 0.25) is 0 Å². The van der Waals surface area contributed by atoms with E-state index in [0.29, 0.717) is 6.42 Å². The molecule has 1 aromatic heterocycles. The number of benzene rings is 2. The number of thiazole rings is 1. The van der Waals surface area contributed by atoms with Gasteiger partial charge in [-0.05, 0) is 47.9 Å². The Bertz CT molecular complexity index is 1280. The maximum absolute atomic E-state index is 12.8. The Morgan fingerprint density at radius 2 is 1.43 bits per heavy atom. The first-order valence-corrected chi connectivity index (χ1v) is 13.3. The minimum Gasteiger partial charge on any atom is -0.380 e. The second kappa shape index (κ2) is 13.6. The number of hydrogen-bond donors (Lipinski definition) is 1. The third-order valence-corrected chi connectivity index (χ3v) is 7.03. The molecule has 1 heterocycles. The molecule has 3 rings (SSSR count). The van der Waals surface area contributed by atoms with Gasteiger partial charge in [-0.25, -0.2) is 4.98 Å². The molecule has 0 atom stereocenters. The molecule has 0 aliphatic rings. The van der Waals surface area contributed by atoms with Crippen LogP contribution < -0.4 is 10.2 Å². The molecule has 5 nitrogen and oxygen atoms in total. The van der Waals surface area contributed by atoms with E-state index in [1.165, 1.54) is 11.3 Å². The van der Waals surface area contributed by atoms with Gasteiger partial charge < -0.3 is 19.7 Å². The standard InChI is InChI=1S/C27H28F9N3O2S/c1-39(2)20-7-3-18(4-8-20)6-10-23-38-21-9-5-19(17-22(21)42-23)11-14-40-15-12-37-13-16-41-24(25(28,29)30,26(31,32)33)27(34,35)36/h3-10,17,37H,11-16H2,1-2H3/b10-6+. The fourth-order valence-corrected chi connectivity index (χ4v) is 4.76. The van der Waals surface area contributed by atoms with Crippen molar-refractivity contribution in [2.45, 2.75) is 30.6 Å². The van der Waals surface area contributed by atoms with Crippen LogP contribution in [-0.2, 0) is 15.9 Å². The first-order valence-electron chi connectivity index (χ1n) is 12.5. The Morgan fingerprint density at radius 3 is 2.02 bits per heavy atom. The highest BCUT2D eigenvalue weighted by atomic mass is 32.1. The molecule has 1 N–H and O–H groups in total. The van der Waals surface area contributed by atoms with Crippen LogP contribution in [0.1, 0.15) is 16.1 Å². The lowest BCUT2D eigenvalue weighted by molar-refractivity contribution is -0.457. The Balaban J connectivity index is 1.41. The van der Waals surface area contributed by atoms with Crippen molar-refractivity contribution < 1.29 is 49.0 Å². The molecule has 0 saturated carbocycles. The zero-order valence-corrected chi connectivity index (χ0v) is 23.3. The van der Waals surface area contributed by atoms with Crippen LogP contribution in [0.4, 0.5) is 45.2 Å². The van der Waals surface area contributed by atoms with Gasteiger partial charge in [0.15, 0.2) is 0 Å². The van der Waals surface area contributed by atoms with Crippen LogP contribution in [0.5, 0.6) is 0 Å². The minimum absolute atomic E-state index is 0.0240. The number of halogens is 9. The van der Waals surface area contributed by atoms with Crippen molar-refractivity contribution in [2.75, 3.05) is 51.9 Å². The lowest BCUT2D eigenvalue weighted by Gasteiger charge is -2.38. The van der Waals surface area contributed by atoms with Gasteiger partial charge in [-0.15, -0.1) is 11.3 Å². The van der Waals surface area contributed by atoms with E-state index in [1.54, 1.807) is 0 Å². The maximum atomic E-state index is 12.8. The van der Waals surface area contributed by atoms with Gasteiger partial charge in [0, 0.05) is 32.9 Å². The van der Waals surface area contributed by atoms with Crippen LogP contribution in [0, 0.1) is 0 Å². The first kappa shape index (κ1) is 33.6. The molecule has 0 aliphatic carbocycles. The van der Waals surface area contributed by atoms with E-state index < -0.39 is 37.3 Å². The smallest absolute Gasteiger partial charge is 0.380 e. The van der Waals surface area contributed by atoms with Gasteiger partial charge >= 0.3 is 24.1 Å². The summed E-state index contributed by atoms with van der Waals surface area (Å²) in [6.45, 7) is -1.91. The number of hydrogen-bond acceptors (Lipinski definition) is 6. The highest BCUT2D eigenvalue weighted by Gasteiger charge is 2.85. The number of nitrogens with one attached hydrogen (secondary N) is 1. The van der Waals surface area contributed by atoms with E-state index in [1.807, 2.05) is 73.6 Å². The van der Waals surface area contributed by atoms with Gasteiger partial charge in [0.2, 0.25) is 0 Å². The number of ether oxygens (including phenoxy) is 2. The fraction of sp³-hybridized carbons (Fsp3) is 0.444. The van der Waals surface area contributed by atoms with Crippen LogP contribution in [0.25, 0.3) is 22.4 Å². The summed E-state index contributed by atoms with van der Waals surface area (Å²) in [5.74, 6) is 0. The first-order chi connectivity index (χ1) is 19.5. The number of aromatic nitrogens is 1. The van der Waals surface area contributed by atoms with E-state index in [-0.39, 0.29) is 19.8 Å². The number of alkyl halides is 9. The molecule has 2 aromatic carbocycles. The van der Waals surface area contributed by atoms with Crippen LogP contribution in [0.15, 0.2) is 42.5 Å². The fourth-order valence-electron chi connectivity index (χ4n) is 3.83. The van der Waals surface area contributed by atoms with Crippen molar-refractivity contribution in [3.05, 3.63) is 58.6 Å². The van der Waals surface area contributed by atoms with Gasteiger partial charge in [-0.2, -0.15) is 39.5 Å². The Hall–Kier alpha value is -2.88. The molecule has 0 amide bonds. The summed E-state index contributed by atoms with van der Waals surface area (Å²) in [6.07, 6.45) is -15.8. The molecule has 232 valence electrons. The molecular weight excluding hydrogens is 601 g/mol. The van der Waals surface area contributed by atoms with Crippen LogP contribution >= 0.6 is 11.3 Å². The maximum Gasteiger partial charge on any atom is 0.435 e. The second-order valence-corrected chi connectivity index (χ2v) is 10.4. The third-order valence-electron chi connectivity index (χ3n) is 6.05. The summed E-state index contributed by atoms with van der Waals surface area (Å²) in [6, 6.07) is 13.8. The van der Waals surface area contributed by atoms with Crippen molar-refractivity contribution in [1.29, 1.82) is 0 Å². The Morgan fingerprint density at radius 1 is 0.810 bits per heavy atom. The summed E-state index contributed by atoms with van der Waals surface area (Å²) in [5, 5.41) is 3.24. The van der Waals surface area contributed by atoms with Crippen molar-refractivity contribution in [2.24, 2.45) is 0 Å². The second-order valence-electron chi connectivity index (χ2n) is 9.31. The molecule has 0 unspecified atom stereocenters. The molecular formula is C27H28F9N3O2S. The summed E-state index contributed by atoms with van der Waals surface area (Å²) in [7, 11) is 3.94. The van der Waals surface area contributed by atoms with Crippen molar-refractivity contribution >= 4 is 39.4 Å². The van der Waals surface area contributed by atoms with Gasteiger partial charge in [0.05, 0.1) is 30.0 Å². The Labute approximate surface area is 239 Å². The number of anilines is 1.